The first-order chi connectivity index (χ1) is 14.0. The van der Waals surface area contributed by atoms with Crippen LogP contribution in [0.4, 0.5) is 0 Å². The summed E-state index contributed by atoms with van der Waals surface area (Å²) in [7, 11) is 1.73. The topological polar surface area (TPSA) is 88.1 Å². The lowest BCUT2D eigenvalue weighted by atomic mass is 10.2. The summed E-state index contributed by atoms with van der Waals surface area (Å²) in [5.74, 6) is 0.0648. The third-order valence-electron chi connectivity index (χ3n) is 4.61. The monoisotopic (exact) mass is 432 g/mol. The van der Waals surface area contributed by atoms with Gasteiger partial charge >= 0.3 is 11.7 Å². The lowest BCUT2D eigenvalue weighted by molar-refractivity contribution is -0.155. The largest absolute Gasteiger partial charge is 0.459 e. The molecule has 0 radical (unpaired) electrons. The number of aryl methyl sites for hydroxylation is 2. The molecule has 0 unspecified atom stereocenters. The number of nitrogens with zero attached hydrogens (tertiary/aromatic N) is 4. The number of imidazole rings is 1. The minimum Gasteiger partial charge on any atom is -0.459 e. The van der Waals surface area contributed by atoms with Crippen LogP contribution < -0.4 is 11.2 Å². The Morgan fingerprint density at radius 3 is 2.33 bits per heavy atom. The van der Waals surface area contributed by atoms with Crippen LogP contribution in [0.5, 0.6) is 0 Å². The number of aromatic nitrogens is 4. The number of hydrogen-bond donors (Lipinski definition) is 0. The van der Waals surface area contributed by atoms with Gasteiger partial charge in [0.2, 0.25) is 0 Å². The van der Waals surface area contributed by atoms with Crippen LogP contribution in [0.2, 0.25) is 5.02 Å². The Bertz CT molecular complexity index is 1210. The van der Waals surface area contributed by atoms with Crippen LogP contribution in [0, 0.1) is 0 Å². The number of benzene rings is 1. The second-order valence-electron chi connectivity index (χ2n) is 8.09. The number of carbonyl (C=O) groups excluding carboxylic acids is 1. The molecule has 8 nitrogen and oxygen atoms in total. The highest BCUT2D eigenvalue weighted by atomic mass is 35.5. The predicted molar refractivity (Wildman–Crippen MR) is 115 cm³/mol. The maximum absolute atomic E-state index is 13.2. The molecule has 9 heteroatoms. The number of fused-ring (bicyclic) bond motifs is 1. The third-order valence-corrected chi connectivity index (χ3v) is 4.86. The third kappa shape index (κ3) is 4.33. The summed E-state index contributed by atoms with van der Waals surface area (Å²) in [6, 6.07) is 6.88. The number of ether oxygens (including phenoxy) is 1. The van der Waals surface area contributed by atoms with E-state index >= 15 is 0 Å². The molecule has 0 atom stereocenters. The minimum atomic E-state index is -0.698. The number of hydrogen-bond acceptors (Lipinski definition) is 5. The Labute approximate surface area is 178 Å². The molecule has 0 aliphatic carbocycles. The molecule has 2 heterocycles. The molecule has 0 saturated heterocycles. The van der Waals surface area contributed by atoms with Gasteiger partial charge in [0.1, 0.15) is 18.0 Å². The van der Waals surface area contributed by atoms with Gasteiger partial charge in [0.05, 0.1) is 6.54 Å². The molecule has 30 heavy (non-hydrogen) atoms. The van der Waals surface area contributed by atoms with Crippen molar-refractivity contribution >= 4 is 28.7 Å². The summed E-state index contributed by atoms with van der Waals surface area (Å²) in [5.41, 5.74) is -0.587. The number of rotatable bonds is 5. The zero-order valence-electron chi connectivity index (χ0n) is 17.7. The van der Waals surface area contributed by atoms with E-state index in [-0.39, 0.29) is 24.3 Å². The summed E-state index contributed by atoms with van der Waals surface area (Å²) < 4.78 is 9.36. The van der Waals surface area contributed by atoms with Crippen LogP contribution in [0.25, 0.3) is 11.2 Å². The number of esters is 1. The van der Waals surface area contributed by atoms with Crippen molar-refractivity contribution in [3.8, 4) is 0 Å². The second-order valence-corrected chi connectivity index (χ2v) is 8.52. The van der Waals surface area contributed by atoms with Crippen molar-refractivity contribution in [1.82, 2.24) is 18.7 Å². The summed E-state index contributed by atoms with van der Waals surface area (Å²) in [5, 5.41) is 0.558. The molecule has 2 aromatic heterocycles. The van der Waals surface area contributed by atoms with E-state index in [4.69, 9.17) is 16.3 Å². The normalized spacial score (nSPS) is 11.8. The molecule has 3 aromatic rings. The Morgan fingerprint density at radius 1 is 1.13 bits per heavy atom. The summed E-state index contributed by atoms with van der Waals surface area (Å²) in [6.07, 6.45) is 0.572. The molecular formula is C21H25ClN4O4. The first kappa shape index (κ1) is 21.8. The summed E-state index contributed by atoms with van der Waals surface area (Å²) >= 11 is 5.93. The first-order valence-corrected chi connectivity index (χ1v) is 10.0. The van der Waals surface area contributed by atoms with E-state index < -0.39 is 22.8 Å². The summed E-state index contributed by atoms with van der Waals surface area (Å²) in [4.78, 5) is 43.3. The average molecular weight is 433 g/mol. The van der Waals surface area contributed by atoms with Gasteiger partial charge in [-0.25, -0.2) is 9.78 Å². The Morgan fingerprint density at radius 2 is 1.77 bits per heavy atom. The fourth-order valence-electron chi connectivity index (χ4n) is 3.28. The summed E-state index contributed by atoms with van der Waals surface area (Å²) in [6.45, 7) is 6.87. The van der Waals surface area contributed by atoms with Gasteiger partial charge in [0.15, 0.2) is 11.2 Å². The molecule has 1 aromatic carbocycles. The van der Waals surface area contributed by atoms with Crippen molar-refractivity contribution in [3.63, 3.8) is 0 Å². The zero-order chi connectivity index (χ0) is 22.2. The van der Waals surface area contributed by atoms with E-state index in [0.717, 1.165) is 10.1 Å². The molecule has 0 aliphatic heterocycles. The lowest BCUT2D eigenvalue weighted by Crippen LogP contribution is -2.42. The van der Waals surface area contributed by atoms with Crippen molar-refractivity contribution in [3.05, 3.63) is 61.5 Å². The van der Waals surface area contributed by atoms with Crippen LogP contribution in [0.15, 0.2) is 33.9 Å². The van der Waals surface area contributed by atoms with E-state index in [1.807, 2.05) is 6.92 Å². The van der Waals surface area contributed by atoms with E-state index in [1.54, 1.807) is 56.7 Å². The van der Waals surface area contributed by atoms with Crippen molar-refractivity contribution in [2.45, 2.75) is 52.8 Å². The van der Waals surface area contributed by atoms with Gasteiger partial charge in [-0.15, -0.1) is 0 Å². The highest BCUT2D eigenvalue weighted by Crippen LogP contribution is 2.14. The highest BCUT2D eigenvalue weighted by Gasteiger charge is 2.23. The molecule has 0 fully saturated rings. The van der Waals surface area contributed by atoms with Crippen molar-refractivity contribution in [2.75, 3.05) is 0 Å². The standard InChI is InChI=1S/C21H25ClN4O4/c1-6-15-23-18-17(24(15)5)19(28)26(11-13-7-9-14(22)10-8-13)20(29)25(18)12-16(27)30-21(2,3)4/h7-10H,6,11-12H2,1-5H3. The van der Waals surface area contributed by atoms with Crippen molar-refractivity contribution in [1.29, 1.82) is 0 Å². The smallest absolute Gasteiger partial charge is 0.333 e. The molecule has 0 spiro atoms. The predicted octanol–water partition coefficient (Wildman–Crippen LogP) is 2.50. The fourth-order valence-corrected chi connectivity index (χ4v) is 3.41. The Balaban J connectivity index is 2.20. The van der Waals surface area contributed by atoms with Gasteiger partial charge in [0.25, 0.3) is 5.56 Å². The molecule has 160 valence electrons. The molecule has 0 aliphatic rings. The van der Waals surface area contributed by atoms with Gasteiger partial charge < -0.3 is 9.30 Å². The van der Waals surface area contributed by atoms with Gasteiger partial charge in [-0.05, 0) is 38.5 Å². The fraction of sp³-hybridized carbons (Fsp3) is 0.429. The number of halogens is 1. The molecule has 3 rings (SSSR count). The molecule has 0 bridgehead atoms. The lowest BCUT2D eigenvalue weighted by Gasteiger charge is -2.20. The molecule has 0 amide bonds. The van der Waals surface area contributed by atoms with Crippen molar-refractivity contribution < 1.29 is 9.53 Å². The zero-order valence-corrected chi connectivity index (χ0v) is 18.5. The van der Waals surface area contributed by atoms with Crippen LogP contribution in [-0.2, 0) is 36.1 Å². The van der Waals surface area contributed by atoms with E-state index in [9.17, 15) is 14.4 Å². The van der Waals surface area contributed by atoms with Crippen LogP contribution in [0.3, 0.4) is 0 Å². The van der Waals surface area contributed by atoms with Crippen LogP contribution in [-0.4, -0.2) is 30.3 Å². The van der Waals surface area contributed by atoms with Crippen LogP contribution in [0.1, 0.15) is 39.1 Å². The Hall–Kier alpha value is -2.87. The highest BCUT2D eigenvalue weighted by molar-refractivity contribution is 6.30. The maximum atomic E-state index is 13.2. The molecule has 0 saturated carbocycles. The van der Waals surface area contributed by atoms with Gasteiger partial charge in [-0.3, -0.25) is 18.7 Å². The maximum Gasteiger partial charge on any atom is 0.333 e. The van der Waals surface area contributed by atoms with Gasteiger partial charge in [0, 0.05) is 18.5 Å². The SMILES string of the molecule is CCc1nc2c(c(=O)n(Cc3ccc(Cl)cc3)c(=O)n2CC(=O)OC(C)(C)C)n1C. The molecular weight excluding hydrogens is 408 g/mol. The van der Waals surface area contributed by atoms with Crippen molar-refractivity contribution in [2.24, 2.45) is 7.05 Å². The quantitative estimate of drug-likeness (QED) is 0.578. The average Bonchev–Trinajstić information content (AvgIpc) is 2.99. The van der Waals surface area contributed by atoms with E-state index in [1.165, 1.54) is 4.57 Å². The van der Waals surface area contributed by atoms with Gasteiger partial charge in [-0.2, -0.15) is 0 Å². The second kappa shape index (κ2) is 8.10. The Kier molecular flexibility index (Phi) is 5.90. The number of carbonyl (C=O) groups is 1. The first-order valence-electron chi connectivity index (χ1n) is 9.67. The van der Waals surface area contributed by atoms with Crippen LogP contribution >= 0.6 is 11.6 Å². The van der Waals surface area contributed by atoms with E-state index in [0.29, 0.717) is 17.3 Å². The van der Waals surface area contributed by atoms with Gasteiger partial charge in [-0.1, -0.05) is 30.7 Å². The minimum absolute atomic E-state index is 0.0474. The molecule has 0 N–H and O–H groups in total. The van der Waals surface area contributed by atoms with E-state index in [2.05, 4.69) is 4.98 Å².